The first-order chi connectivity index (χ1) is 14.8. The van der Waals surface area contributed by atoms with Crippen LogP contribution < -0.4 is 20.5 Å². The average molecular weight is 437 g/mol. The Balaban J connectivity index is 1.52. The molecule has 3 atom stereocenters. The summed E-state index contributed by atoms with van der Waals surface area (Å²) in [7, 11) is 0. The molecule has 3 N–H and O–H groups in total. The second kappa shape index (κ2) is 8.25. The lowest BCUT2D eigenvalue weighted by molar-refractivity contribution is -0.140. The number of benzene rings is 1. The molecule has 2 aromatic rings. The first-order valence-corrected chi connectivity index (χ1v) is 9.58. The van der Waals surface area contributed by atoms with Crippen LogP contribution in [0.4, 0.5) is 14.6 Å². The SMILES string of the molecule is C=C(Nc1ccn(C2OC(CO)C(O)C2(F)F)c(=O)n1)c1ccc2c(c1)OCCCO2. The van der Waals surface area contributed by atoms with Gasteiger partial charge < -0.3 is 29.7 Å². The van der Waals surface area contributed by atoms with Crippen molar-refractivity contribution in [1.82, 2.24) is 9.55 Å². The van der Waals surface area contributed by atoms with E-state index in [1.807, 2.05) is 0 Å². The van der Waals surface area contributed by atoms with Gasteiger partial charge in [0.2, 0.25) is 6.23 Å². The van der Waals surface area contributed by atoms with Gasteiger partial charge in [-0.1, -0.05) is 6.58 Å². The third-order valence-electron chi connectivity index (χ3n) is 5.02. The van der Waals surface area contributed by atoms with Gasteiger partial charge in [0.25, 0.3) is 0 Å². The first-order valence-electron chi connectivity index (χ1n) is 9.58. The molecule has 1 saturated heterocycles. The molecule has 1 aromatic heterocycles. The van der Waals surface area contributed by atoms with Crippen LogP contribution in [0, 0.1) is 0 Å². The molecule has 2 aliphatic rings. The number of ether oxygens (including phenoxy) is 3. The average Bonchev–Trinajstić information content (AvgIpc) is 2.90. The van der Waals surface area contributed by atoms with Crippen molar-refractivity contribution in [3.05, 3.63) is 53.1 Å². The minimum absolute atomic E-state index is 0.0823. The predicted octanol–water partition coefficient (Wildman–Crippen LogP) is 1.37. The van der Waals surface area contributed by atoms with Crippen molar-refractivity contribution in [2.45, 2.75) is 30.8 Å². The Morgan fingerprint density at radius 2 is 2.03 bits per heavy atom. The summed E-state index contributed by atoms with van der Waals surface area (Å²) in [4.78, 5) is 16.1. The van der Waals surface area contributed by atoms with E-state index in [9.17, 15) is 18.7 Å². The number of aliphatic hydroxyl groups excluding tert-OH is 2. The fraction of sp³-hybridized carbons (Fsp3) is 0.400. The molecule has 9 nitrogen and oxygen atoms in total. The Bertz CT molecular complexity index is 1040. The van der Waals surface area contributed by atoms with Crippen LogP contribution in [0.25, 0.3) is 5.70 Å². The highest BCUT2D eigenvalue weighted by molar-refractivity contribution is 5.75. The first kappa shape index (κ1) is 21.2. The molecule has 166 valence electrons. The fourth-order valence-electron chi connectivity index (χ4n) is 3.36. The van der Waals surface area contributed by atoms with Gasteiger partial charge in [-0.3, -0.25) is 4.57 Å². The molecular formula is C20H21F2N3O6. The van der Waals surface area contributed by atoms with E-state index in [2.05, 4.69) is 16.9 Å². The molecule has 0 saturated carbocycles. The number of fused-ring (bicyclic) bond motifs is 1. The van der Waals surface area contributed by atoms with Crippen molar-refractivity contribution >= 4 is 11.5 Å². The summed E-state index contributed by atoms with van der Waals surface area (Å²) in [6.45, 7) is 4.18. The number of aliphatic hydroxyl groups is 2. The van der Waals surface area contributed by atoms with E-state index < -0.39 is 36.7 Å². The van der Waals surface area contributed by atoms with E-state index in [1.54, 1.807) is 18.2 Å². The van der Waals surface area contributed by atoms with Crippen LogP contribution >= 0.6 is 0 Å². The zero-order valence-corrected chi connectivity index (χ0v) is 16.3. The number of nitrogens with zero attached hydrogens (tertiary/aromatic N) is 2. The van der Waals surface area contributed by atoms with Crippen LogP contribution in [0.5, 0.6) is 11.5 Å². The Labute approximate surface area is 175 Å². The predicted molar refractivity (Wildman–Crippen MR) is 105 cm³/mol. The number of nitrogens with one attached hydrogen (secondary N) is 1. The molecule has 2 aliphatic heterocycles. The molecule has 31 heavy (non-hydrogen) atoms. The van der Waals surface area contributed by atoms with Gasteiger partial charge in [-0.2, -0.15) is 13.8 Å². The maximum absolute atomic E-state index is 14.3. The van der Waals surface area contributed by atoms with E-state index in [1.165, 1.54) is 6.07 Å². The van der Waals surface area contributed by atoms with Crippen LogP contribution in [0.2, 0.25) is 0 Å². The van der Waals surface area contributed by atoms with Crippen LogP contribution in [0.15, 0.2) is 41.8 Å². The molecule has 11 heteroatoms. The highest BCUT2D eigenvalue weighted by Gasteiger charge is 2.59. The van der Waals surface area contributed by atoms with Gasteiger partial charge in [0.15, 0.2) is 17.6 Å². The highest BCUT2D eigenvalue weighted by atomic mass is 19.3. The molecule has 1 fully saturated rings. The van der Waals surface area contributed by atoms with E-state index in [4.69, 9.17) is 19.3 Å². The van der Waals surface area contributed by atoms with Gasteiger partial charge in [0.05, 0.1) is 19.8 Å². The standard InChI is InChI=1S/C20H21F2N3O6/c1-11(12-3-4-13-14(9-12)30-8-2-7-29-13)23-16-5-6-25(19(28)24-16)18-20(21,22)17(27)15(10-26)31-18/h3-6,9,15,17-18,26-27H,1-2,7-8,10H2,(H,23,24,28). The van der Waals surface area contributed by atoms with E-state index in [-0.39, 0.29) is 5.82 Å². The Morgan fingerprint density at radius 1 is 1.29 bits per heavy atom. The number of halogens is 2. The highest BCUT2D eigenvalue weighted by Crippen LogP contribution is 2.42. The topological polar surface area (TPSA) is 115 Å². The number of aromatic nitrogens is 2. The van der Waals surface area contributed by atoms with Crippen molar-refractivity contribution in [3.8, 4) is 11.5 Å². The molecule has 3 unspecified atom stereocenters. The summed E-state index contributed by atoms with van der Waals surface area (Å²) >= 11 is 0. The zero-order valence-electron chi connectivity index (χ0n) is 16.3. The number of rotatable bonds is 5. The van der Waals surface area contributed by atoms with Gasteiger partial charge in [-0.05, 0) is 24.3 Å². The summed E-state index contributed by atoms with van der Waals surface area (Å²) in [6.07, 6.45) is -4.00. The molecule has 4 rings (SSSR count). The van der Waals surface area contributed by atoms with Crippen molar-refractivity contribution in [2.24, 2.45) is 0 Å². The van der Waals surface area contributed by atoms with Crippen molar-refractivity contribution in [2.75, 3.05) is 25.1 Å². The zero-order chi connectivity index (χ0) is 22.2. The van der Waals surface area contributed by atoms with Gasteiger partial charge in [-0.15, -0.1) is 0 Å². The van der Waals surface area contributed by atoms with Crippen LogP contribution in [0.1, 0.15) is 18.2 Å². The Hall–Kier alpha value is -3.02. The minimum atomic E-state index is -3.78. The fourth-order valence-corrected chi connectivity index (χ4v) is 3.36. The number of hydrogen-bond acceptors (Lipinski definition) is 8. The molecule has 1 aromatic carbocycles. The number of anilines is 1. The molecule has 0 radical (unpaired) electrons. The number of alkyl halides is 2. The van der Waals surface area contributed by atoms with Crippen molar-refractivity contribution < 1.29 is 33.2 Å². The van der Waals surface area contributed by atoms with Crippen molar-refractivity contribution in [1.29, 1.82) is 0 Å². The summed E-state index contributed by atoms with van der Waals surface area (Å²) in [5.41, 5.74) is 0.0419. The van der Waals surface area contributed by atoms with Gasteiger partial charge >= 0.3 is 11.6 Å². The quantitative estimate of drug-likeness (QED) is 0.643. The third kappa shape index (κ3) is 3.99. The van der Waals surface area contributed by atoms with E-state index in [0.29, 0.717) is 40.5 Å². The molecule has 3 heterocycles. The summed E-state index contributed by atoms with van der Waals surface area (Å²) in [5.74, 6) is -2.50. The maximum Gasteiger partial charge on any atom is 0.351 e. The lowest BCUT2D eigenvalue weighted by Crippen LogP contribution is -2.41. The monoisotopic (exact) mass is 437 g/mol. The van der Waals surface area contributed by atoms with E-state index >= 15 is 0 Å². The molecular weight excluding hydrogens is 416 g/mol. The second-order valence-corrected chi connectivity index (χ2v) is 7.15. The molecule has 0 amide bonds. The van der Waals surface area contributed by atoms with E-state index in [0.717, 1.165) is 12.6 Å². The molecule has 0 spiro atoms. The maximum atomic E-state index is 14.3. The Kier molecular flexibility index (Phi) is 5.65. The molecule has 0 aliphatic carbocycles. The van der Waals surface area contributed by atoms with Gasteiger partial charge in [0.1, 0.15) is 11.9 Å². The summed E-state index contributed by atoms with van der Waals surface area (Å²) in [6, 6.07) is 6.54. The van der Waals surface area contributed by atoms with Crippen LogP contribution in [0.3, 0.4) is 0 Å². The van der Waals surface area contributed by atoms with Crippen LogP contribution in [-0.4, -0.2) is 57.7 Å². The largest absolute Gasteiger partial charge is 0.490 e. The third-order valence-corrected chi connectivity index (χ3v) is 5.02. The van der Waals surface area contributed by atoms with Gasteiger partial charge in [-0.25, -0.2) is 4.79 Å². The lowest BCUT2D eigenvalue weighted by Gasteiger charge is -2.21. The van der Waals surface area contributed by atoms with Crippen LogP contribution in [-0.2, 0) is 4.74 Å². The summed E-state index contributed by atoms with van der Waals surface area (Å²) < 4.78 is 45.3. The lowest BCUT2D eigenvalue weighted by atomic mass is 10.1. The van der Waals surface area contributed by atoms with Crippen molar-refractivity contribution in [3.63, 3.8) is 0 Å². The normalized spacial score (nSPS) is 24.5. The second-order valence-electron chi connectivity index (χ2n) is 7.15. The number of hydrogen-bond donors (Lipinski definition) is 3. The summed E-state index contributed by atoms with van der Waals surface area (Å²) in [5, 5.41) is 21.6. The smallest absolute Gasteiger partial charge is 0.351 e. The minimum Gasteiger partial charge on any atom is -0.490 e. The van der Waals surface area contributed by atoms with Gasteiger partial charge in [0, 0.05) is 23.9 Å². The Morgan fingerprint density at radius 3 is 2.71 bits per heavy atom. The molecule has 0 bridgehead atoms.